The molecule has 0 aliphatic carbocycles. The molecule has 0 saturated carbocycles. The molecule has 0 aromatic carbocycles. The summed E-state index contributed by atoms with van der Waals surface area (Å²) in [6.07, 6.45) is 0.755. The highest BCUT2D eigenvalue weighted by Gasteiger charge is 2.34. The van der Waals surface area contributed by atoms with Gasteiger partial charge in [0, 0.05) is 19.6 Å². The molecule has 0 spiro atoms. The van der Waals surface area contributed by atoms with E-state index in [1.165, 1.54) is 10.3 Å². The van der Waals surface area contributed by atoms with Gasteiger partial charge in [-0.05, 0) is 24.4 Å². The van der Waals surface area contributed by atoms with Crippen LogP contribution in [0.4, 0.5) is 8.78 Å². The fourth-order valence-electron chi connectivity index (χ4n) is 2.07. The van der Waals surface area contributed by atoms with Crippen LogP contribution in [-0.2, 0) is 9.84 Å². The van der Waals surface area contributed by atoms with Crippen LogP contribution >= 0.6 is 11.3 Å². The van der Waals surface area contributed by atoms with E-state index in [-0.39, 0.29) is 10.9 Å². The Balaban J connectivity index is 2.30. The third-order valence-electron chi connectivity index (χ3n) is 3.27. The lowest BCUT2D eigenvalue weighted by molar-refractivity contribution is 0.0745. The maximum Gasteiger partial charge on any atom is 0.341 e. The number of halogens is 2. The number of amides is 1. The predicted octanol–water partition coefficient (Wildman–Crippen LogP) is 1.18. The Morgan fingerprint density at radius 2 is 2.25 bits per heavy atom. The second-order valence-corrected chi connectivity index (χ2v) is 7.28. The van der Waals surface area contributed by atoms with Crippen molar-refractivity contribution in [2.75, 3.05) is 20.1 Å². The highest BCUT2D eigenvalue weighted by atomic mass is 32.2. The van der Waals surface area contributed by atoms with Gasteiger partial charge in [0.15, 0.2) is 0 Å². The number of hydrogen-bond donors (Lipinski definition) is 1. The predicted molar refractivity (Wildman–Crippen MR) is 70.9 cm³/mol. The lowest BCUT2D eigenvalue weighted by Crippen LogP contribution is -2.38. The molecule has 1 saturated heterocycles. The van der Waals surface area contributed by atoms with Crippen molar-refractivity contribution in [2.24, 2.45) is 0 Å². The first-order valence-corrected chi connectivity index (χ1v) is 8.35. The number of hydrogen-bond acceptors (Lipinski definition) is 5. The molecule has 112 valence electrons. The fraction of sp³-hybridized carbons (Fsp3) is 0.545. The number of nitrogens with one attached hydrogen (secondary N) is 1. The largest absolute Gasteiger partial charge is 0.341 e. The average Bonchev–Trinajstić information content (AvgIpc) is 3.07. The number of carbonyl (C=O) groups is 1. The van der Waals surface area contributed by atoms with Gasteiger partial charge in [-0.15, -0.1) is 11.3 Å². The van der Waals surface area contributed by atoms with Crippen LogP contribution < -0.4 is 5.32 Å². The SMILES string of the molecule is CN(C(=O)c1sccc1S(=O)(=O)C(F)F)C1CCNC1. The second-order valence-electron chi connectivity index (χ2n) is 4.48. The number of alkyl halides is 2. The summed E-state index contributed by atoms with van der Waals surface area (Å²) in [7, 11) is -3.20. The lowest BCUT2D eigenvalue weighted by atomic mass is 10.2. The van der Waals surface area contributed by atoms with Gasteiger partial charge in [0.1, 0.15) is 4.88 Å². The van der Waals surface area contributed by atoms with E-state index in [0.29, 0.717) is 6.54 Å². The molecule has 2 heterocycles. The highest BCUT2D eigenvalue weighted by Crippen LogP contribution is 2.28. The minimum absolute atomic E-state index is 0.0493. The lowest BCUT2D eigenvalue weighted by Gasteiger charge is -2.23. The molecule has 1 aliphatic heterocycles. The van der Waals surface area contributed by atoms with Crippen molar-refractivity contribution < 1.29 is 22.0 Å². The van der Waals surface area contributed by atoms with Crippen LogP contribution in [0.2, 0.25) is 0 Å². The summed E-state index contributed by atoms with van der Waals surface area (Å²) in [4.78, 5) is 13.0. The van der Waals surface area contributed by atoms with Gasteiger partial charge in [-0.2, -0.15) is 8.78 Å². The van der Waals surface area contributed by atoms with Crippen molar-refractivity contribution in [1.82, 2.24) is 10.2 Å². The van der Waals surface area contributed by atoms with E-state index in [0.717, 1.165) is 30.4 Å². The van der Waals surface area contributed by atoms with E-state index in [1.807, 2.05) is 0 Å². The molecule has 9 heteroatoms. The molecule has 1 aromatic rings. The van der Waals surface area contributed by atoms with Gasteiger partial charge in [0.05, 0.1) is 4.90 Å². The van der Waals surface area contributed by atoms with Gasteiger partial charge >= 0.3 is 5.76 Å². The van der Waals surface area contributed by atoms with Crippen LogP contribution in [0.3, 0.4) is 0 Å². The molecule has 2 rings (SSSR count). The Morgan fingerprint density at radius 3 is 2.80 bits per heavy atom. The van der Waals surface area contributed by atoms with E-state index in [9.17, 15) is 22.0 Å². The summed E-state index contributed by atoms with van der Waals surface area (Å²) in [5, 5.41) is 4.42. The van der Waals surface area contributed by atoms with Gasteiger partial charge in [-0.3, -0.25) is 4.79 Å². The number of thiophene rings is 1. The minimum Gasteiger partial charge on any atom is -0.337 e. The summed E-state index contributed by atoms with van der Waals surface area (Å²) in [6, 6.07) is 1.01. The Labute approximate surface area is 119 Å². The normalized spacial score (nSPS) is 19.5. The molecular weight excluding hydrogens is 310 g/mol. The topological polar surface area (TPSA) is 66.5 Å². The van der Waals surface area contributed by atoms with Crippen LogP contribution in [0.25, 0.3) is 0 Å². The van der Waals surface area contributed by atoms with Gasteiger partial charge in [-0.25, -0.2) is 8.42 Å². The van der Waals surface area contributed by atoms with E-state index in [1.54, 1.807) is 7.05 Å². The Kier molecular flexibility index (Phi) is 4.40. The van der Waals surface area contributed by atoms with Crippen molar-refractivity contribution in [3.8, 4) is 0 Å². The zero-order valence-electron chi connectivity index (χ0n) is 10.7. The third-order valence-corrected chi connectivity index (χ3v) is 5.72. The molecule has 1 fully saturated rings. The van der Waals surface area contributed by atoms with E-state index in [4.69, 9.17) is 0 Å². The quantitative estimate of drug-likeness (QED) is 0.903. The number of carbonyl (C=O) groups excluding carboxylic acids is 1. The Morgan fingerprint density at radius 1 is 1.55 bits per heavy atom. The van der Waals surface area contributed by atoms with Crippen molar-refractivity contribution in [1.29, 1.82) is 0 Å². The molecule has 5 nitrogen and oxygen atoms in total. The zero-order chi connectivity index (χ0) is 14.9. The summed E-state index contributed by atoms with van der Waals surface area (Å²) in [5.41, 5.74) is 0. The van der Waals surface area contributed by atoms with Crippen molar-refractivity contribution in [2.45, 2.75) is 23.1 Å². The first-order chi connectivity index (χ1) is 9.35. The number of nitrogens with zero attached hydrogens (tertiary/aromatic N) is 1. The van der Waals surface area contributed by atoms with Crippen molar-refractivity contribution in [3.63, 3.8) is 0 Å². The van der Waals surface area contributed by atoms with Gasteiger partial charge in [0.25, 0.3) is 5.91 Å². The highest BCUT2D eigenvalue weighted by molar-refractivity contribution is 7.92. The minimum atomic E-state index is -4.75. The maximum absolute atomic E-state index is 12.6. The molecule has 20 heavy (non-hydrogen) atoms. The van der Waals surface area contributed by atoms with Crippen LogP contribution in [0, 0.1) is 0 Å². The third kappa shape index (κ3) is 2.70. The van der Waals surface area contributed by atoms with Gasteiger partial charge < -0.3 is 10.2 Å². The van der Waals surface area contributed by atoms with Crippen LogP contribution in [0.5, 0.6) is 0 Å². The monoisotopic (exact) mass is 324 g/mol. The molecular formula is C11H14F2N2O3S2. The molecule has 1 N–H and O–H groups in total. The summed E-state index contributed by atoms with van der Waals surface area (Å²) < 4.78 is 48.3. The standard InChI is InChI=1S/C11H14F2N2O3S2/c1-15(7-2-4-14-6-7)10(16)9-8(3-5-19-9)20(17,18)11(12)13/h3,5,7,11,14H,2,4,6H2,1H3. The Hall–Kier alpha value is -1.06. The molecule has 0 bridgehead atoms. The van der Waals surface area contributed by atoms with E-state index in [2.05, 4.69) is 5.32 Å². The summed E-state index contributed by atoms with van der Waals surface area (Å²) in [6.45, 7) is 1.39. The average molecular weight is 324 g/mol. The summed E-state index contributed by atoms with van der Waals surface area (Å²) >= 11 is 0.865. The van der Waals surface area contributed by atoms with Crippen LogP contribution in [0.15, 0.2) is 16.3 Å². The van der Waals surface area contributed by atoms with Crippen LogP contribution in [-0.4, -0.2) is 51.2 Å². The van der Waals surface area contributed by atoms with Crippen molar-refractivity contribution >= 4 is 27.1 Å². The van der Waals surface area contributed by atoms with Crippen LogP contribution in [0.1, 0.15) is 16.1 Å². The molecule has 1 unspecified atom stereocenters. The zero-order valence-corrected chi connectivity index (χ0v) is 12.3. The number of likely N-dealkylation sites (N-methyl/N-ethyl adjacent to an activating group) is 1. The first kappa shape index (κ1) is 15.3. The fourth-order valence-corrected chi connectivity index (χ4v) is 4.21. The molecule has 1 atom stereocenters. The molecule has 1 amide bonds. The van der Waals surface area contributed by atoms with Crippen molar-refractivity contribution in [3.05, 3.63) is 16.3 Å². The summed E-state index contributed by atoms with van der Waals surface area (Å²) in [5.74, 6) is -4.06. The first-order valence-electron chi connectivity index (χ1n) is 5.93. The maximum atomic E-state index is 12.6. The number of sulfone groups is 1. The molecule has 1 aromatic heterocycles. The molecule has 0 radical (unpaired) electrons. The Bertz CT molecular complexity index is 595. The second kappa shape index (κ2) is 5.74. The molecule has 1 aliphatic rings. The smallest absolute Gasteiger partial charge is 0.337 e. The number of rotatable bonds is 4. The van der Waals surface area contributed by atoms with Gasteiger partial charge in [0.2, 0.25) is 9.84 Å². The van der Waals surface area contributed by atoms with E-state index < -0.39 is 26.4 Å². The van der Waals surface area contributed by atoms with E-state index >= 15 is 0 Å². The van der Waals surface area contributed by atoms with Gasteiger partial charge in [-0.1, -0.05) is 0 Å².